The molecule has 0 unspecified atom stereocenters. The van der Waals surface area contributed by atoms with Crippen LogP contribution in [-0.4, -0.2) is 23.2 Å². The maximum Gasteiger partial charge on any atom is 0.280 e. The molecule has 5 heteroatoms. The molecule has 0 aromatic carbocycles. The fourth-order valence-electron chi connectivity index (χ4n) is 0.783. The maximum absolute atomic E-state index is 11.3. The molecule has 0 aliphatic carbocycles. The number of rotatable bonds is 4. The molecule has 0 aliphatic rings. The quantitative estimate of drug-likeness (QED) is 0.813. The average Bonchev–Trinajstić information content (AvgIpc) is 2.66. The van der Waals surface area contributed by atoms with E-state index < -0.39 is 0 Å². The number of Topliss-reactive ketones (excluding diaryl/α,β-unsaturated/α-hetero) is 1. The van der Waals surface area contributed by atoms with Crippen LogP contribution in [0.25, 0.3) is 0 Å². The van der Waals surface area contributed by atoms with E-state index in [1.54, 1.807) is 25.4 Å². The molecule has 4 nitrogen and oxygen atoms in total. The third kappa shape index (κ3) is 2.92. The number of aromatic nitrogens is 1. The fraction of sp³-hybridized carbons (Fsp3) is 0.444. The second-order valence-corrected chi connectivity index (χ2v) is 4.04. The number of nitrogens with zero attached hydrogens (tertiary/aromatic N) is 1. The van der Waals surface area contributed by atoms with Gasteiger partial charge in [-0.3, -0.25) is 9.59 Å². The number of thiazole rings is 1. The first-order valence-corrected chi connectivity index (χ1v) is 5.19. The molecule has 1 N–H and O–H groups in total. The normalized spacial score (nSPS) is 10.2. The molecule has 0 atom stereocenters. The van der Waals surface area contributed by atoms with Gasteiger partial charge in [0, 0.05) is 17.5 Å². The van der Waals surface area contributed by atoms with Crippen LogP contribution in [0.3, 0.4) is 0 Å². The van der Waals surface area contributed by atoms with Crippen LogP contribution in [0.5, 0.6) is 0 Å². The van der Waals surface area contributed by atoms with Gasteiger partial charge in [0.25, 0.3) is 5.91 Å². The summed E-state index contributed by atoms with van der Waals surface area (Å²) < 4.78 is 0. The third-order valence-electron chi connectivity index (χ3n) is 1.69. The Bertz CT molecular complexity index is 320. The van der Waals surface area contributed by atoms with Gasteiger partial charge in [0.1, 0.15) is 0 Å². The molecule has 0 bridgehead atoms. The summed E-state index contributed by atoms with van der Waals surface area (Å²) in [5.41, 5.74) is 0. The van der Waals surface area contributed by atoms with Crippen LogP contribution in [0.2, 0.25) is 0 Å². The molecular formula is C9H12N2O2S. The molecule has 1 aromatic rings. The molecule has 0 saturated carbocycles. The van der Waals surface area contributed by atoms with Crippen molar-refractivity contribution in [2.45, 2.75) is 13.8 Å². The van der Waals surface area contributed by atoms with Crippen molar-refractivity contribution in [3.05, 3.63) is 16.6 Å². The van der Waals surface area contributed by atoms with Gasteiger partial charge in [-0.15, -0.1) is 11.3 Å². The first kappa shape index (κ1) is 10.8. The summed E-state index contributed by atoms with van der Waals surface area (Å²) in [5.74, 6) is -0.310. The lowest BCUT2D eigenvalue weighted by molar-refractivity contribution is -0.120. The largest absolute Gasteiger partial charge is 0.343 e. The van der Waals surface area contributed by atoms with Gasteiger partial charge in [0.2, 0.25) is 0 Å². The zero-order valence-corrected chi connectivity index (χ0v) is 8.93. The van der Waals surface area contributed by atoms with E-state index in [1.807, 2.05) is 0 Å². The van der Waals surface area contributed by atoms with Gasteiger partial charge >= 0.3 is 0 Å². The maximum atomic E-state index is 11.3. The second kappa shape index (κ2) is 4.85. The number of amides is 1. The van der Waals surface area contributed by atoms with Crippen LogP contribution in [0.1, 0.15) is 23.6 Å². The molecule has 0 aliphatic heterocycles. The molecule has 14 heavy (non-hydrogen) atoms. The van der Waals surface area contributed by atoms with Gasteiger partial charge < -0.3 is 5.32 Å². The average molecular weight is 212 g/mol. The SMILES string of the molecule is CC(C)C(=O)CNC(=O)c1nccs1. The van der Waals surface area contributed by atoms with Crippen molar-refractivity contribution in [2.75, 3.05) is 6.54 Å². The molecule has 1 heterocycles. The van der Waals surface area contributed by atoms with Crippen molar-refractivity contribution >= 4 is 23.0 Å². The molecule has 0 fully saturated rings. The van der Waals surface area contributed by atoms with Gasteiger partial charge in [-0.05, 0) is 0 Å². The van der Waals surface area contributed by atoms with Crippen LogP contribution >= 0.6 is 11.3 Å². The smallest absolute Gasteiger partial charge is 0.280 e. The Morgan fingerprint density at radius 1 is 1.57 bits per heavy atom. The summed E-state index contributed by atoms with van der Waals surface area (Å²) in [6.07, 6.45) is 1.56. The fourth-order valence-corrected chi connectivity index (χ4v) is 1.33. The van der Waals surface area contributed by atoms with E-state index >= 15 is 0 Å². The van der Waals surface area contributed by atoms with E-state index in [9.17, 15) is 9.59 Å². The molecule has 1 rings (SSSR count). The van der Waals surface area contributed by atoms with Crippen LogP contribution in [0.4, 0.5) is 0 Å². The first-order valence-electron chi connectivity index (χ1n) is 4.31. The van der Waals surface area contributed by atoms with Gasteiger partial charge in [-0.2, -0.15) is 0 Å². The van der Waals surface area contributed by atoms with Crippen molar-refractivity contribution in [3.63, 3.8) is 0 Å². The van der Waals surface area contributed by atoms with Gasteiger partial charge in [0.15, 0.2) is 10.8 Å². The zero-order valence-electron chi connectivity index (χ0n) is 8.11. The summed E-state index contributed by atoms with van der Waals surface area (Å²) in [4.78, 5) is 26.3. The minimum Gasteiger partial charge on any atom is -0.343 e. The van der Waals surface area contributed by atoms with Crippen molar-refractivity contribution in [3.8, 4) is 0 Å². The molecular weight excluding hydrogens is 200 g/mol. The predicted molar refractivity (Wildman–Crippen MR) is 54.3 cm³/mol. The molecule has 0 spiro atoms. The van der Waals surface area contributed by atoms with Gasteiger partial charge in [-0.25, -0.2) is 4.98 Å². The van der Waals surface area contributed by atoms with Crippen molar-refractivity contribution in [2.24, 2.45) is 5.92 Å². The Morgan fingerprint density at radius 2 is 2.29 bits per heavy atom. The lowest BCUT2D eigenvalue weighted by Crippen LogP contribution is -2.31. The summed E-state index contributed by atoms with van der Waals surface area (Å²) in [7, 11) is 0. The van der Waals surface area contributed by atoms with E-state index in [0.29, 0.717) is 5.01 Å². The predicted octanol–water partition coefficient (Wildman–Crippen LogP) is 1.10. The Balaban J connectivity index is 2.40. The van der Waals surface area contributed by atoms with E-state index in [0.717, 1.165) is 0 Å². The standard InChI is InChI=1S/C9H12N2O2S/c1-6(2)7(12)5-11-8(13)9-10-3-4-14-9/h3-4,6H,5H2,1-2H3,(H,11,13). The zero-order chi connectivity index (χ0) is 10.6. The highest BCUT2D eigenvalue weighted by Crippen LogP contribution is 2.03. The van der Waals surface area contributed by atoms with Crippen molar-refractivity contribution < 1.29 is 9.59 Å². The Kier molecular flexibility index (Phi) is 3.76. The topological polar surface area (TPSA) is 59.1 Å². The lowest BCUT2D eigenvalue weighted by Gasteiger charge is -2.04. The summed E-state index contributed by atoms with van der Waals surface area (Å²) in [5, 5.41) is 4.64. The number of hydrogen-bond acceptors (Lipinski definition) is 4. The van der Waals surface area contributed by atoms with Crippen LogP contribution < -0.4 is 5.32 Å². The highest BCUT2D eigenvalue weighted by Gasteiger charge is 2.11. The first-order chi connectivity index (χ1) is 6.61. The van der Waals surface area contributed by atoms with Crippen molar-refractivity contribution in [1.29, 1.82) is 0 Å². The van der Waals surface area contributed by atoms with E-state index in [2.05, 4.69) is 10.3 Å². The Hall–Kier alpha value is -1.23. The summed E-state index contributed by atoms with van der Waals surface area (Å²) in [6.45, 7) is 3.69. The number of carbonyl (C=O) groups excluding carboxylic acids is 2. The van der Waals surface area contributed by atoms with Crippen LogP contribution in [0, 0.1) is 5.92 Å². The lowest BCUT2D eigenvalue weighted by atomic mass is 10.1. The van der Waals surface area contributed by atoms with Gasteiger partial charge in [0.05, 0.1) is 6.54 Å². The van der Waals surface area contributed by atoms with Crippen LogP contribution in [-0.2, 0) is 4.79 Å². The molecule has 0 radical (unpaired) electrons. The Morgan fingerprint density at radius 3 is 2.79 bits per heavy atom. The highest BCUT2D eigenvalue weighted by molar-refractivity contribution is 7.11. The summed E-state index contributed by atoms with van der Waals surface area (Å²) in [6, 6.07) is 0. The third-order valence-corrected chi connectivity index (χ3v) is 2.47. The second-order valence-electron chi connectivity index (χ2n) is 3.14. The number of carbonyl (C=O) groups is 2. The Labute approximate surface area is 86.4 Å². The molecule has 76 valence electrons. The highest BCUT2D eigenvalue weighted by atomic mass is 32.1. The molecule has 0 saturated heterocycles. The minimum absolute atomic E-state index is 0.0231. The monoisotopic (exact) mass is 212 g/mol. The van der Waals surface area contributed by atoms with Gasteiger partial charge in [-0.1, -0.05) is 13.8 Å². The van der Waals surface area contributed by atoms with Crippen molar-refractivity contribution in [1.82, 2.24) is 10.3 Å². The number of hydrogen-bond donors (Lipinski definition) is 1. The number of ketones is 1. The van der Waals surface area contributed by atoms with E-state index in [1.165, 1.54) is 11.3 Å². The summed E-state index contributed by atoms with van der Waals surface area (Å²) >= 11 is 1.26. The van der Waals surface area contributed by atoms with E-state index in [4.69, 9.17) is 0 Å². The molecule has 1 aromatic heterocycles. The molecule has 1 amide bonds. The van der Waals surface area contributed by atoms with Crippen LogP contribution in [0.15, 0.2) is 11.6 Å². The minimum atomic E-state index is -0.283. The number of nitrogens with one attached hydrogen (secondary N) is 1. The van der Waals surface area contributed by atoms with E-state index in [-0.39, 0.29) is 24.2 Å².